The van der Waals surface area contributed by atoms with Crippen molar-refractivity contribution < 1.29 is 9.90 Å². The largest absolute Gasteiger partial charge is 0.478 e. The number of carbonyl (C=O) groups is 1. The highest BCUT2D eigenvalue weighted by atomic mass is 16.4. The molecule has 0 atom stereocenters. The zero-order valence-corrected chi connectivity index (χ0v) is 11.5. The van der Waals surface area contributed by atoms with E-state index in [4.69, 9.17) is 5.11 Å². The van der Waals surface area contributed by atoms with E-state index in [-0.39, 0.29) is 5.56 Å². The van der Waals surface area contributed by atoms with Crippen LogP contribution in [0.2, 0.25) is 0 Å². The molecule has 0 spiro atoms. The van der Waals surface area contributed by atoms with E-state index in [1.807, 2.05) is 36.5 Å². The van der Waals surface area contributed by atoms with Crippen molar-refractivity contribution in [3.63, 3.8) is 0 Å². The highest BCUT2D eigenvalue weighted by Gasteiger charge is 2.13. The first-order valence-corrected chi connectivity index (χ1v) is 6.50. The van der Waals surface area contributed by atoms with Crippen molar-refractivity contribution in [3.05, 3.63) is 65.7 Å². The number of carboxylic acids is 1. The first-order valence-electron chi connectivity index (χ1n) is 6.50. The monoisotopic (exact) mass is 282 g/mol. The molecular formula is C15H14N4O2. The van der Waals surface area contributed by atoms with Gasteiger partial charge >= 0.3 is 5.97 Å². The number of aromatic nitrogens is 4. The van der Waals surface area contributed by atoms with Gasteiger partial charge < -0.3 is 5.11 Å². The summed E-state index contributed by atoms with van der Waals surface area (Å²) in [5.74, 6) is -0.960. The summed E-state index contributed by atoms with van der Waals surface area (Å²) in [5, 5.41) is 17.5. The van der Waals surface area contributed by atoms with E-state index in [0.29, 0.717) is 12.2 Å². The van der Waals surface area contributed by atoms with Gasteiger partial charge in [-0.15, -0.1) is 0 Å². The van der Waals surface area contributed by atoms with E-state index < -0.39 is 5.97 Å². The quantitative estimate of drug-likeness (QED) is 0.795. The molecule has 0 aliphatic carbocycles. The van der Waals surface area contributed by atoms with Crippen LogP contribution in [-0.4, -0.2) is 30.6 Å². The number of aromatic carboxylic acids is 1. The van der Waals surface area contributed by atoms with Crippen LogP contribution < -0.4 is 0 Å². The maximum Gasteiger partial charge on any atom is 0.339 e. The van der Waals surface area contributed by atoms with Gasteiger partial charge in [-0.25, -0.2) is 9.48 Å². The summed E-state index contributed by atoms with van der Waals surface area (Å²) in [6.07, 6.45) is 5.05. The van der Waals surface area contributed by atoms with E-state index in [9.17, 15) is 4.79 Å². The number of para-hydroxylation sites is 1. The second-order valence-corrected chi connectivity index (χ2v) is 4.74. The Kier molecular flexibility index (Phi) is 3.27. The zero-order chi connectivity index (χ0) is 14.8. The van der Waals surface area contributed by atoms with Gasteiger partial charge in [0.2, 0.25) is 0 Å². The lowest BCUT2D eigenvalue weighted by Crippen LogP contribution is -2.05. The van der Waals surface area contributed by atoms with Crippen LogP contribution in [0.15, 0.2) is 48.9 Å². The van der Waals surface area contributed by atoms with Gasteiger partial charge in [0.1, 0.15) is 5.56 Å². The molecule has 2 heterocycles. The van der Waals surface area contributed by atoms with Gasteiger partial charge in [0.05, 0.1) is 30.3 Å². The van der Waals surface area contributed by atoms with Crippen molar-refractivity contribution in [1.29, 1.82) is 0 Å². The molecule has 0 aliphatic rings. The van der Waals surface area contributed by atoms with Gasteiger partial charge in [-0.3, -0.25) is 4.68 Å². The molecule has 0 saturated carbocycles. The molecule has 0 saturated heterocycles. The Balaban J connectivity index is 1.84. The summed E-state index contributed by atoms with van der Waals surface area (Å²) in [6.45, 7) is 2.24. The molecule has 0 fully saturated rings. The Morgan fingerprint density at radius 3 is 2.62 bits per heavy atom. The van der Waals surface area contributed by atoms with Crippen molar-refractivity contribution in [2.24, 2.45) is 0 Å². The molecule has 21 heavy (non-hydrogen) atoms. The molecule has 6 nitrogen and oxygen atoms in total. The lowest BCUT2D eigenvalue weighted by atomic mass is 10.2. The fraction of sp³-hybridized carbons (Fsp3) is 0.133. The molecule has 0 amide bonds. The fourth-order valence-corrected chi connectivity index (χ4v) is 2.15. The standard InChI is InChI=1S/C15H14N4O2/c1-11-14(15(20)21)8-17-18(11)9-12-7-16-19(10-12)13-5-3-2-4-6-13/h2-8,10H,9H2,1H3,(H,20,21). The minimum Gasteiger partial charge on any atom is -0.478 e. The normalized spacial score (nSPS) is 10.7. The van der Waals surface area contributed by atoms with Gasteiger partial charge in [-0.2, -0.15) is 10.2 Å². The maximum atomic E-state index is 11.0. The molecule has 3 aromatic rings. The van der Waals surface area contributed by atoms with E-state index in [2.05, 4.69) is 10.2 Å². The lowest BCUT2D eigenvalue weighted by molar-refractivity contribution is 0.0696. The SMILES string of the molecule is Cc1c(C(=O)O)cnn1Cc1cnn(-c2ccccc2)c1. The molecule has 0 radical (unpaired) electrons. The molecule has 3 rings (SSSR count). The fourth-order valence-electron chi connectivity index (χ4n) is 2.15. The van der Waals surface area contributed by atoms with E-state index in [0.717, 1.165) is 11.3 Å². The third-order valence-corrected chi connectivity index (χ3v) is 3.32. The second kappa shape index (κ2) is 5.24. The summed E-state index contributed by atoms with van der Waals surface area (Å²) >= 11 is 0. The summed E-state index contributed by atoms with van der Waals surface area (Å²) in [4.78, 5) is 11.0. The molecule has 2 aromatic heterocycles. The second-order valence-electron chi connectivity index (χ2n) is 4.74. The number of benzene rings is 1. The van der Waals surface area contributed by atoms with Crippen molar-refractivity contribution in [2.45, 2.75) is 13.5 Å². The van der Waals surface area contributed by atoms with Crippen molar-refractivity contribution >= 4 is 5.97 Å². The highest BCUT2D eigenvalue weighted by Crippen LogP contribution is 2.12. The van der Waals surface area contributed by atoms with Crippen LogP contribution in [0.4, 0.5) is 0 Å². The van der Waals surface area contributed by atoms with E-state index in [1.54, 1.807) is 22.5 Å². The average molecular weight is 282 g/mol. The third kappa shape index (κ3) is 2.55. The Bertz CT molecular complexity index is 774. The number of hydrogen-bond acceptors (Lipinski definition) is 3. The van der Waals surface area contributed by atoms with Gasteiger partial charge in [-0.05, 0) is 19.1 Å². The van der Waals surface area contributed by atoms with E-state index in [1.165, 1.54) is 6.20 Å². The Labute approximate surface area is 121 Å². The number of carboxylic acid groups (broad SMARTS) is 1. The van der Waals surface area contributed by atoms with Gasteiger partial charge in [0, 0.05) is 11.8 Å². The first-order chi connectivity index (χ1) is 10.1. The van der Waals surface area contributed by atoms with Gasteiger partial charge in [0.15, 0.2) is 0 Å². The van der Waals surface area contributed by atoms with E-state index >= 15 is 0 Å². The molecule has 1 N–H and O–H groups in total. The van der Waals surface area contributed by atoms with Gasteiger partial charge in [-0.1, -0.05) is 18.2 Å². The zero-order valence-electron chi connectivity index (χ0n) is 11.5. The van der Waals surface area contributed by atoms with Crippen LogP contribution in [0.25, 0.3) is 5.69 Å². The lowest BCUT2D eigenvalue weighted by Gasteiger charge is -2.02. The Hall–Kier alpha value is -2.89. The highest BCUT2D eigenvalue weighted by molar-refractivity contribution is 5.88. The van der Waals surface area contributed by atoms with Crippen LogP contribution in [-0.2, 0) is 6.54 Å². The van der Waals surface area contributed by atoms with Crippen molar-refractivity contribution in [2.75, 3.05) is 0 Å². The molecular weight excluding hydrogens is 268 g/mol. The van der Waals surface area contributed by atoms with Crippen LogP contribution in [0, 0.1) is 6.92 Å². The predicted octanol–water partition coefficient (Wildman–Crippen LogP) is 2.12. The third-order valence-electron chi connectivity index (χ3n) is 3.32. The first kappa shape index (κ1) is 13.1. The minimum atomic E-state index is -0.960. The average Bonchev–Trinajstić information content (AvgIpc) is 3.08. The molecule has 0 bridgehead atoms. The van der Waals surface area contributed by atoms with Crippen LogP contribution in [0.5, 0.6) is 0 Å². The number of hydrogen-bond donors (Lipinski definition) is 1. The molecule has 0 aliphatic heterocycles. The van der Waals surface area contributed by atoms with Crippen LogP contribution in [0.1, 0.15) is 21.6 Å². The summed E-state index contributed by atoms with van der Waals surface area (Å²) in [6, 6.07) is 9.80. The molecule has 106 valence electrons. The summed E-state index contributed by atoms with van der Waals surface area (Å²) in [7, 11) is 0. The Morgan fingerprint density at radius 2 is 1.95 bits per heavy atom. The number of rotatable bonds is 4. The van der Waals surface area contributed by atoms with Crippen molar-refractivity contribution in [3.8, 4) is 5.69 Å². The van der Waals surface area contributed by atoms with Crippen LogP contribution in [0.3, 0.4) is 0 Å². The molecule has 0 unspecified atom stereocenters. The summed E-state index contributed by atoms with van der Waals surface area (Å²) < 4.78 is 3.45. The predicted molar refractivity (Wildman–Crippen MR) is 76.6 cm³/mol. The topological polar surface area (TPSA) is 72.9 Å². The number of nitrogens with zero attached hydrogens (tertiary/aromatic N) is 4. The summed E-state index contributed by atoms with van der Waals surface area (Å²) in [5.41, 5.74) is 2.80. The van der Waals surface area contributed by atoms with Crippen molar-refractivity contribution in [1.82, 2.24) is 19.6 Å². The van der Waals surface area contributed by atoms with Gasteiger partial charge in [0.25, 0.3) is 0 Å². The Morgan fingerprint density at radius 1 is 1.19 bits per heavy atom. The maximum absolute atomic E-state index is 11.0. The molecule has 6 heteroatoms. The molecule has 1 aromatic carbocycles. The minimum absolute atomic E-state index is 0.227. The van der Waals surface area contributed by atoms with Crippen LogP contribution >= 0.6 is 0 Å². The smallest absolute Gasteiger partial charge is 0.339 e.